The molecule has 1 atom stereocenters. The monoisotopic (exact) mass is 310 g/mol. The number of rotatable bonds is 7. The zero-order chi connectivity index (χ0) is 15.8. The second-order valence-electron chi connectivity index (χ2n) is 4.33. The van der Waals surface area contributed by atoms with E-state index < -0.39 is 11.2 Å². The lowest BCUT2D eigenvalue weighted by Crippen LogP contribution is -2.33. The number of carbonyl (C=O) groups excluding carboxylic acids is 2. The van der Waals surface area contributed by atoms with Crippen LogP contribution >= 0.6 is 11.8 Å². The van der Waals surface area contributed by atoms with Crippen LogP contribution in [0.25, 0.3) is 0 Å². The third-order valence-electron chi connectivity index (χ3n) is 2.57. The molecule has 0 saturated heterocycles. The van der Waals surface area contributed by atoms with Gasteiger partial charge in [-0.15, -0.1) is 11.8 Å². The summed E-state index contributed by atoms with van der Waals surface area (Å²) in [5.41, 5.74) is 0.429. The third-order valence-corrected chi connectivity index (χ3v) is 3.73. The number of benzene rings is 1. The standard InChI is InChI=1S/C14H18N2O4S/c1-9(14(19)20)21-12-6-4-3-5-11(12)13(18)16-8-7-15-10(2)17/h3-6,9H,7-8H2,1-2H3,(H,15,17)(H,16,18)(H,19,20). The molecule has 0 fully saturated rings. The molecule has 1 rings (SSSR count). The predicted molar refractivity (Wildman–Crippen MR) is 80.4 cm³/mol. The fourth-order valence-electron chi connectivity index (χ4n) is 1.51. The second-order valence-corrected chi connectivity index (χ2v) is 5.72. The number of nitrogens with one attached hydrogen (secondary N) is 2. The van der Waals surface area contributed by atoms with Gasteiger partial charge in [-0.1, -0.05) is 12.1 Å². The highest BCUT2D eigenvalue weighted by molar-refractivity contribution is 8.00. The van der Waals surface area contributed by atoms with E-state index in [4.69, 9.17) is 5.11 Å². The minimum Gasteiger partial charge on any atom is -0.480 e. The zero-order valence-electron chi connectivity index (χ0n) is 11.9. The van der Waals surface area contributed by atoms with Crippen molar-refractivity contribution in [3.05, 3.63) is 29.8 Å². The fraction of sp³-hybridized carbons (Fsp3) is 0.357. The van der Waals surface area contributed by atoms with Crippen molar-refractivity contribution in [1.82, 2.24) is 10.6 Å². The Morgan fingerprint density at radius 1 is 1.19 bits per heavy atom. The minimum absolute atomic E-state index is 0.157. The van der Waals surface area contributed by atoms with Crippen molar-refractivity contribution < 1.29 is 19.5 Å². The third kappa shape index (κ3) is 5.86. The number of hydrogen-bond acceptors (Lipinski definition) is 4. The molecule has 0 aliphatic rings. The molecule has 0 spiro atoms. The Labute approximate surface area is 127 Å². The van der Waals surface area contributed by atoms with Crippen LogP contribution in [-0.2, 0) is 9.59 Å². The van der Waals surface area contributed by atoms with Crippen molar-refractivity contribution in [3.63, 3.8) is 0 Å². The van der Waals surface area contributed by atoms with E-state index in [0.29, 0.717) is 23.5 Å². The van der Waals surface area contributed by atoms with E-state index in [-0.39, 0.29) is 11.8 Å². The Morgan fingerprint density at radius 3 is 2.43 bits per heavy atom. The summed E-state index contributed by atoms with van der Waals surface area (Å²) >= 11 is 1.12. The van der Waals surface area contributed by atoms with Crippen molar-refractivity contribution in [2.45, 2.75) is 24.0 Å². The molecule has 7 heteroatoms. The number of carbonyl (C=O) groups is 3. The molecular formula is C14H18N2O4S. The average Bonchev–Trinajstić information content (AvgIpc) is 2.43. The minimum atomic E-state index is -0.930. The van der Waals surface area contributed by atoms with Gasteiger partial charge in [0, 0.05) is 24.9 Å². The van der Waals surface area contributed by atoms with Crippen molar-refractivity contribution in [1.29, 1.82) is 0 Å². The van der Waals surface area contributed by atoms with E-state index in [1.54, 1.807) is 31.2 Å². The van der Waals surface area contributed by atoms with Crippen molar-refractivity contribution in [3.8, 4) is 0 Å². The van der Waals surface area contributed by atoms with E-state index >= 15 is 0 Å². The van der Waals surface area contributed by atoms with Gasteiger partial charge >= 0.3 is 5.97 Å². The van der Waals surface area contributed by atoms with Gasteiger partial charge in [-0.3, -0.25) is 14.4 Å². The molecule has 21 heavy (non-hydrogen) atoms. The van der Waals surface area contributed by atoms with Crippen LogP contribution in [0.15, 0.2) is 29.2 Å². The van der Waals surface area contributed by atoms with Gasteiger partial charge in [0.15, 0.2) is 0 Å². The molecule has 0 aromatic heterocycles. The van der Waals surface area contributed by atoms with Crippen LogP contribution in [-0.4, -0.2) is 41.2 Å². The summed E-state index contributed by atoms with van der Waals surface area (Å²) < 4.78 is 0. The smallest absolute Gasteiger partial charge is 0.316 e. The van der Waals surface area contributed by atoms with Crippen LogP contribution in [0.4, 0.5) is 0 Å². The summed E-state index contributed by atoms with van der Waals surface area (Å²) in [5, 5.41) is 13.6. The molecule has 0 bridgehead atoms. The fourth-order valence-corrected chi connectivity index (χ4v) is 2.43. The van der Waals surface area contributed by atoms with Gasteiger partial charge in [0.2, 0.25) is 5.91 Å². The topological polar surface area (TPSA) is 95.5 Å². The quantitative estimate of drug-likeness (QED) is 0.518. The first kappa shape index (κ1) is 17.0. The van der Waals surface area contributed by atoms with Gasteiger partial charge < -0.3 is 15.7 Å². The lowest BCUT2D eigenvalue weighted by Gasteiger charge is -2.12. The van der Waals surface area contributed by atoms with Crippen molar-refractivity contribution in [2.24, 2.45) is 0 Å². The maximum absolute atomic E-state index is 12.1. The van der Waals surface area contributed by atoms with Gasteiger partial charge in [-0.25, -0.2) is 0 Å². The van der Waals surface area contributed by atoms with Crippen molar-refractivity contribution in [2.75, 3.05) is 13.1 Å². The first-order chi connectivity index (χ1) is 9.91. The number of carboxylic acid groups (broad SMARTS) is 1. The summed E-state index contributed by atoms with van der Waals surface area (Å²) in [7, 11) is 0. The molecule has 0 aliphatic heterocycles. The van der Waals surface area contributed by atoms with Gasteiger partial charge in [0.25, 0.3) is 5.91 Å². The summed E-state index contributed by atoms with van der Waals surface area (Å²) in [6.07, 6.45) is 0. The summed E-state index contributed by atoms with van der Waals surface area (Å²) in [6, 6.07) is 6.83. The van der Waals surface area contributed by atoms with E-state index in [1.165, 1.54) is 6.92 Å². The summed E-state index contributed by atoms with van der Waals surface area (Å²) in [4.78, 5) is 34.3. The van der Waals surface area contributed by atoms with E-state index in [0.717, 1.165) is 11.8 Å². The lowest BCUT2D eigenvalue weighted by molar-refractivity contribution is -0.136. The van der Waals surface area contributed by atoms with Gasteiger partial charge in [0.05, 0.1) is 5.56 Å². The van der Waals surface area contributed by atoms with Crippen LogP contribution in [0, 0.1) is 0 Å². The molecule has 0 radical (unpaired) electrons. The molecular weight excluding hydrogens is 292 g/mol. The molecule has 1 aromatic rings. The number of hydrogen-bond donors (Lipinski definition) is 3. The van der Waals surface area contributed by atoms with Gasteiger partial charge in [0.1, 0.15) is 5.25 Å². The second kappa shape index (κ2) is 8.31. The predicted octanol–water partition coefficient (Wildman–Crippen LogP) is 1.12. The number of aliphatic carboxylic acids is 1. The van der Waals surface area contributed by atoms with Crippen molar-refractivity contribution >= 4 is 29.5 Å². The zero-order valence-corrected chi connectivity index (χ0v) is 12.7. The first-order valence-corrected chi connectivity index (χ1v) is 7.31. The molecule has 2 amide bonds. The van der Waals surface area contributed by atoms with Crippen LogP contribution in [0.5, 0.6) is 0 Å². The van der Waals surface area contributed by atoms with E-state index in [2.05, 4.69) is 10.6 Å². The molecule has 1 aromatic carbocycles. The molecule has 0 heterocycles. The Hall–Kier alpha value is -2.02. The molecule has 114 valence electrons. The van der Waals surface area contributed by atoms with Crippen LogP contribution in [0.2, 0.25) is 0 Å². The normalized spacial score (nSPS) is 11.5. The van der Waals surface area contributed by atoms with Crippen LogP contribution in [0.1, 0.15) is 24.2 Å². The molecule has 3 N–H and O–H groups in total. The number of thioether (sulfide) groups is 1. The van der Waals surface area contributed by atoms with Gasteiger partial charge in [-0.05, 0) is 19.1 Å². The Morgan fingerprint density at radius 2 is 1.81 bits per heavy atom. The highest BCUT2D eigenvalue weighted by Gasteiger charge is 2.17. The highest BCUT2D eigenvalue weighted by Crippen LogP contribution is 2.26. The maximum Gasteiger partial charge on any atom is 0.316 e. The number of amides is 2. The molecule has 1 unspecified atom stereocenters. The summed E-state index contributed by atoms with van der Waals surface area (Å²) in [6.45, 7) is 3.63. The Kier molecular flexibility index (Phi) is 6.74. The van der Waals surface area contributed by atoms with Crippen LogP contribution in [0.3, 0.4) is 0 Å². The van der Waals surface area contributed by atoms with E-state index in [1.807, 2.05) is 0 Å². The Bertz CT molecular complexity index is 533. The average molecular weight is 310 g/mol. The van der Waals surface area contributed by atoms with E-state index in [9.17, 15) is 14.4 Å². The highest BCUT2D eigenvalue weighted by atomic mass is 32.2. The van der Waals surface area contributed by atoms with Crippen LogP contribution < -0.4 is 10.6 Å². The molecule has 6 nitrogen and oxygen atoms in total. The SMILES string of the molecule is CC(=O)NCCNC(=O)c1ccccc1SC(C)C(=O)O. The largest absolute Gasteiger partial charge is 0.480 e. The number of carboxylic acids is 1. The lowest BCUT2D eigenvalue weighted by atomic mass is 10.2. The first-order valence-electron chi connectivity index (χ1n) is 6.43. The molecule has 0 aliphatic carbocycles. The molecule has 0 saturated carbocycles. The summed E-state index contributed by atoms with van der Waals surface area (Å²) in [5.74, 6) is -1.38. The maximum atomic E-state index is 12.1. The Balaban J connectivity index is 2.66. The van der Waals surface area contributed by atoms with Gasteiger partial charge in [-0.2, -0.15) is 0 Å².